The second-order valence-electron chi connectivity index (χ2n) is 21.0. The number of rotatable bonds is 54. The van der Waals surface area contributed by atoms with E-state index >= 15 is 0 Å². The first-order valence-corrected chi connectivity index (χ1v) is 31.8. The molecule has 0 rings (SSSR count). The quantitative estimate of drug-likeness (QED) is 0.0211. The average molecular weight is 1080 g/mol. The van der Waals surface area contributed by atoms with Gasteiger partial charge in [0, 0.05) is 12.8 Å². The number of hydrogen-bond acceptors (Lipinski definition) is 7. The van der Waals surface area contributed by atoms with Gasteiger partial charge in [-0.2, -0.15) is 0 Å². The third kappa shape index (κ3) is 59.7. The van der Waals surface area contributed by atoms with E-state index in [9.17, 15) is 19.0 Å². The van der Waals surface area contributed by atoms with Crippen LogP contribution in [0.4, 0.5) is 0 Å². The van der Waals surface area contributed by atoms with Crippen molar-refractivity contribution in [1.29, 1.82) is 0 Å². The molecule has 0 bridgehead atoms. The highest BCUT2D eigenvalue weighted by atomic mass is 31.2. The van der Waals surface area contributed by atoms with Crippen LogP contribution in [-0.4, -0.2) is 74.9 Å². The molecule has 0 amide bonds. The van der Waals surface area contributed by atoms with Crippen molar-refractivity contribution in [3.8, 4) is 0 Å². The molecule has 434 valence electrons. The van der Waals surface area contributed by atoms with Crippen molar-refractivity contribution in [3.63, 3.8) is 0 Å². The lowest BCUT2D eigenvalue weighted by atomic mass is 10.0. The molecule has 0 aromatic carbocycles. The highest BCUT2D eigenvalue weighted by Gasteiger charge is 2.27. The van der Waals surface area contributed by atoms with Crippen LogP contribution in [-0.2, 0) is 32.7 Å². The van der Waals surface area contributed by atoms with Crippen LogP contribution in [0.5, 0.6) is 0 Å². The SMILES string of the molecule is CC/C=C\C/C=C\C/C=C\C/C=C\C/C=C\C/C=C\CCC(=O)OC(COC(=O)CCCCCCCCCCCCCCCCCCCCCC/C=C\C/C=C\C/C=C\C/C=C\CC)COP(=O)(O)OCC[N+](C)(C)C. The summed E-state index contributed by atoms with van der Waals surface area (Å²) < 4.78 is 34.5. The van der Waals surface area contributed by atoms with Crippen LogP contribution < -0.4 is 0 Å². The number of carbonyl (C=O) groups is 2. The Morgan fingerprint density at radius 2 is 0.737 bits per heavy atom. The first-order valence-electron chi connectivity index (χ1n) is 30.3. The van der Waals surface area contributed by atoms with Gasteiger partial charge in [0.25, 0.3) is 0 Å². The van der Waals surface area contributed by atoms with Gasteiger partial charge in [0.2, 0.25) is 0 Å². The molecule has 0 saturated heterocycles. The summed E-state index contributed by atoms with van der Waals surface area (Å²) in [7, 11) is 1.42. The average Bonchev–Trinajstić information content (AvgIpc) is 3.38. The van der Waals surface area contributed by atoms with Gasteiger partial charge >= 0.3 is 19.8 Å². The Morgan fingerprint density at radius 3 is 1.11 bits per heavy atom. The van der Waals surface area contributed by atoms with E-state index < -0.39 is 26.5 Å². The molecule has 2 unspecified atom stereocenters. The zero-order valence-corrected chi connectivity index (χ0v) is 50.1. The zero-order valence-electron chi connectivity index (χ0n) is 49.2. The van der Waals surface area contributed by atoms with Gasteiger partial charge in [0.1, 0.15) is 19.8 Å². The molecular formula is C66H113NO8P+. The number of esters is 2. The molecule has 0 radical (unpaired) electrons. The van der Waals surface area contributed by atoms with Gasteiger partial charge in [0.15, 0.2) is 6.10 Å². The van der Waals surface area contributed by atoms with Crippen LogP contribution in [0.15, 0.2) is 122 Å². The molecule has 76 heavy (non-hydrogen) atoms. The monoisotopic (exact) mass is 1080 g/mol. The van der Waals surface area contributed by atoms with E-state index in [0.717, 1.165) is 83.5 Å². The number of allylic oxidation sites excluding steroid dienone is 20. The minimum atomic E-state index is -4.41. The van der Waals surface area contributed by atoms with Crippen LogP contribution in [0.3, 0.4) is 0 Å². The van der Waals surface area contributed by atoms with E-state index in [0.29, 0.717) is 17.4 Å². The van der Waals surface area contributed by atoms with Crippen LogP contribution in [0.2, 0.25) is 0 Å². The van der Waals surface area contributed by atoms with Gasteiger partial charge in [0.05, 0.1) is 27.7 Å². The number of likely N-dealkylation sites (N-methyl/N-ethyl adjacent to an activating group) is 1. The molecular weight excluding hydrogens is 966 g/mol. The van der Waals surface area contributed by atoms with Crippen molar-refractivity contribution in [2.24, 2.45) is 0 Å². The minimum absolute atomic E-state index is 0.0133. The maximum atomic E-state index is 12.8. The van der Waals surface area contributed by atoms with Gasteiger partial charge in [-0.1, -0.05) is 251 Å². The van der Waals surface area contributed by atoms with Crippen molar-refractivity contribution in [3.05, 3.63) is 122 Å². The van der Waals surface area contributed by atoms with Crippen LogP contribution in [0, 0.1) is 0 Å². The maximum absolute atomic E-state index is 12.8. The Bertz CT molecular complexity index is 1700. The number of carbonyl (C=O) groups excluding carboxylic acids is 2. The smallest absolute Gasteiger partial charge is 0.462 e. The summed E-state index contributed by atoms with van der Waals surface area (Å²) in [6.45, 7) is 4.12. The Hall–Kier alpha value is -3.59. The van der Waals surface area contributed by atoms with Crippen molar-refractivity contribution >= 4 is 19.8 Å². The van der Waals surface area contributed by atoms with E-state index in [1.165, 1.54) is 116 Å². The molecule has 0 aliphatic rings. The van der Waals surface area contributed by atoms with E-state index in [-0.39, 0.29) is 32.0 Å². The highest BCUT2D eigenvalue weighted by Crippen LogP contribution is 2.43. The van der Waals surface area contributed by atoms with Crippen LogP contribution in [0.1, 0.15) is 232 Å². The molecule has 0 aromatic heterocycles. The summed E-state index contributed by atoms with van der Waals surface area (Å²) in [5.41, 5.74) is 0. The Balaban J connectivity index is 4.12. The van der Waals surface area contributed by atoms with Crippen LogP contribution in [0.25, 0.3) is 0 Å². The molecule has 0 aromatic rings. The molecule has 2 atom stereocenters. The minimum Gasteiger partial charge on any atom is -0.462 e. The molecule has 0 saturated carbocycles. The fourth-order valence-corrected chi connectivity index (χ4v) is 8.66. The molecule has 0 aliphatic heterocycles. The topological polar surface area (TPSA) is 108 Å². The van der Waals surface area contributed by atoms with Gasteiger partial charge in [-0.3, -0.25) is 18.6 Å². The molecule has 1 N–H and O–H groups in total. The summed E-state index contributed by atoms with van der Waals surface area (Å²) in [5, 5.41) is 0. The summed E-state index contributed by atoms with van der Waals surface area (Å²) in [5.74, 6) is -0.897. The first-order chi connectivity index (χ1) is 37.0. The fraction of sp³-hybridized carbons (Fsp3) is 0.667. The van der Waals surface area contributed by atoms with Crippen LogP contribution >= 0.6 is 7.82 Å². The maximum Gasteiger partial charge on any atom is 0.472 e. The molecule has 0 heterocycles. The highest BCUT2D eigenvalue weighted by molar-refractivity contribution is 7.47. The van der Waals surface area contributed by atoms with E-state index in [4.69, 9.17) is 18.5 Å². The second-order valence-corrected chi connectivity index (χ2v) is 22.4. The number of phosphoric ester groups is 1. The normalized spacial score (nSPS) is 14.1. The molecule has 9 nitrogen and oxygen atoms in total. The van der Waals surface area contributed by atoms with Crippen molar-refractivity contribution in [2.75, 3.05) is 47.5 Å². The molecule has 0 aliphatic carbocycles. The number of hydrogen-bond donors (Lipinski definition) is 1. The predicted octanol–water partition coefficient (Wildman–Crippen LogP) is 19.1. The van der Waals surface area contributed by atoms with E-state index in [1.807, 2.05) is 33.3 Å². The van der Waals surface area contributed by atoms with Crippen molar-refractivity contribution in [1.82, 2.24) is 0 Å². The Kier molecular flexibility index (Phi) is 53.5. The predicted molar refractivity (Wildman–Crippen MR) is 325 cm³/mol. The molecule has 0 spiro atoms. The Morgan fingerprint density at radius 1 is 0.408 bits per heavy atom. The van der Waals surface area contributed by atoms with E-state index in [2.05, 4.69) is 123 Å². The zero-order chi connectivity index (χ0) is 55.6. The lowest BCUT2D eigenvalue weighted by Gasteiger charge is -2.24. The third-order valence-corrected chi connectivity index (χ3v) is 13.5. The largest absolute Gasteiger partial charge is 0.472 e. The second kappa shape index (κ2) is 56.1. The number of unbranched alkanes of at least 4 members (excludes halogenated alkanes) is 20. The van der Waals surface area contributed by atoms with Gasteiger partial charge in [-0.15, -0.1) is 0 Å². The van der Waals surface area contributed by atoms with E-state index in [1.54, 1.807) is 0 Å². The lowest BCUT2D eigenvalue weighted by Crippen LogP contribution is -2.37. The number of nitrogens with zero attached hydrogens (tertiary/aromatic N) is 1. The molecule has 0 fully saturated rings. The Labute approximate surface area is 467 Å². The number of quaternary nitrogens is 1. The standard InChI is InChI=1S/C66H112NO8P/c1-6-8-10-12-14-16-18-20-22-24-26-27-28-29-30-31-32-33-34-35-36-37-38-39-41-42-44-46-48-50-52-54-56-58-65(68)72-62-64(63-74-76(70,71)73-61-60-67(3,4)5)75-66(69)59-57-55-53-51-49-47-45-43-40-25-23-21-19-17-15-13-11-9-7-2/h8-11,14-17,20-23,26-27,40,43,47,49,53,55,64H,6-7,12-13,18-19,24-25,28-39,41-42,44-46,48,50-52,54,56-63H2,1-5H3/p+1/b10-8-,11-9-,16-14-,17-15-,22-20-,23-21-,27-26-,43-40-,49-47-,55-53-. The third-order valence-electron chi connectivity index (χ3n) is 12.5. The summed E-state index contributed by atoms with van der Waals surface area (Å²) in [6.07, 6.45) is 80.2. The summed E-state index contributed by atoms with van der Waals surface area (Å²) >= 11 is 0. The fourth-order valence-electron chi connectivity index (χ4n) is 7.92. The van der Waals surface area contributed by atoms with Gasteiger partial charge in [-0.25, -0.2) is 4.57 Å². The lowest BCUT2D eigenvalue weighted by molar-refractivity contribution is -0.870. The summed E-state index contributed by atoms with van der Waals surface area (Å²) in [6, 6.07) is 0. The van der Waals surface area contributed by atoms with Crippen molar-refractivity contribution in [2.45, 2.75) is 238 Å². The summed E-state index contributed by atoms with van der Waals surface area (Å²) in [4.78, 5) is 35.7. The van der Waals surface area contributed by atoms with Gasteiger partial charge in [-0.05, 0) is 89.9 Å². The van der Waals surface area contributed by atoms with Crippen molar-refractivity contribution < 1.29 is 42.1 Å². The van der Waals surface area contributed by atoms with Gasteiger partial charge < -0.3 is 18.9 Å². The number of phosphoric acid groups is 1. The first kappa shape index (κ1) is 72.4. The molecule has 10 heteroatoms. The number of ether oxygens (including phenoxy) is 2.